The highest BCUT2D eigenvalue weighted by Gasteiger charge is 2.23. The lowest BCUT2D eigenvalue weighted by atomic mass is 10.0. The number of benzene rings is 1. The summed E-state index contributed by atoms with van der Waals surface area (Å²) in [5.41, 5.74) is 6.43. The molecule has 0 saturated heterocycles. The molecule has 158 valence electrons. The van der Waals surface area contributed by atoms with Crippen molar-refractivity contribution in [2.24, 2.45) is 0 Å². The predicted molar refractivity (Wildman–Crippen MR) is 123 cm³/mol. The van der Waals surface area contributed by atoms with Crippen molar-refractivity contribution in [3.05, 3.63) is 71.0 Å². The van der Waals surface area contributed by atoms with E-state index in [0.29, 0.717) is 24.4 Å². The number of aromatic nitrogens is 3. The summed E-state index contributed by atoms with van der Waals surface area (Å²) in [6, 6.07) is 16.5. The second-order valence-electron chi connectivity index (χ2n) is 7.62. The first-order valence-corrected chi connectivity index (χ1v) is 10.7. The quantitative estimate of drug-likeness (QED) is 0.393. The summed E-state index contributed by atoms with van der Waals surface area (Å²) in [7, 11) is 1.73. The van der Waals surface area contributed by atoms with Crippen LogP contribution in [0.3, 0.4) is 0 Å². The molecule has 31 heavy (non-hydrogen) atoms. The molecule has 0 aliphatic heterocycles. The third-order valence-electron chi connectivity index (χ3n) is 5.71. The van der Waals surface area contributed by atoms with Gasteiger partial charge in [0, 0.05) is 26.5 Å². The number of rotatable bonds is 8. The first-order chi connectivity index (χ1) is 15.2. The minimum absolute atomic E-state index is 0.645. The minimum atomic E-state index is 0.645. The van der Waals surface area contributed by atoms with Crippen molar-refractivity contribution < 1.29 is 4.74 Å². The fraction of sp³-hybridized carbons (Fsp3) is 0.320. The van der Waals surface area contributed by atoms with Gasteiger partial charge in [-0.25, -0.2) is 4.98 Å². The van der Waals surface area contributed by atoms with Crippen LogP contribution in [0.5, 0.6) is 0 Å². The van der Waals surface area contributed by atoms with Crippen molar-refractivity contribution in [1.29, 1.82) is 5.26 Å². The zero-order chi connectivity index (χ0) is 21.8. The molecule has 4 rings (SSSR count). The molecule has 0 saturated carbocycles. The summed E-state index contributed by atoms with van der Waals surface area (Å²) in [6.45, 7) is 6.35. The Morgan fingerprint density at radius 3 is 2.68 bits per heavy atom. The highest BCUT2D eigenvalue weighted by atomic mass is 16.5. The second-order valence-corrected chi connectivity index (χ2v) is 7.62. The maximum absolute atomic E-state index is 9.96. The third kappa shape index (κ3) is 3.85. The molecular weight excluding hydrogens is 386 g/mol. The highest BCUT2D eigenvalue weighted by Crippen LogP contribution is 2.34. The normalized spacial score (nSPS) is 11.2. The van der Waals surface area contributed by atoms with Crippen LogP contribution in [0.25, 0.3) is 16.7 Å². The second kappa shape index (κ2) is 9.15. The van der Waals surface area contributed by atoms with Crippen LogP contribution in [0, 0.1) is 18.3 Å². The van der Waals surface area contributed by atoms with E-state index in [2.05, 4.69) is 39.4 Å². The maximum atomic E-state index is 9.96. The lowest BCUT2D eigenvalue weighted by molar-refractivity contribution is 0.196. The molecule has 0 atom stereocenters. The van der Waals surface area contributed by atoms with E-state index in [1.807, 2.05) is 43.5 Å². The topological polar surface area (TPSA) is 66.5 Å². The largest absolute Gasteiger partial charge is 0.385 e. The van der Waals surface area contributed by atoms with E-state index in [0.717, 1.165) is 47.5 Å². The summed E-state index contributed by atoms with van der Waals surface area (Å²) < 4.78 is 7.50. The van der Waals surface area contributed by atoms with Crippen LogP contribution in [-0.2, 0) is 17.7 Å². The SMILES string of the molecule is CCc1c(C)c(C#N)c2nc3ccccc3n2c1N(CCCOC)Cc1ccccn1. The Bertz CT molecular complexity index is 1240. The third-order valence-corrected chi connectivity index (χ3v) is 5.71. The molecule has 6 nitrogen and oxygen atoms in total. The number of pyridine rings is 2. The monoisotopic (exact) mass is 413 g/mol. The molecule has 4 aromatic rings. The van der Waals surface area contributed by atoms with Gasteiger partial charge in [-0.15, -0.1) is 0 Å². The number of imidazole rings is 1. The number of hydrogen-bond donors (Lipinski definition) is 0. The Morgan fingerprint density at radius 1 is 1.16 bits per heavy atom. The van der Waals surface area contributed by atoms with Gasteiger partial charge in [-0.1, -0.05) is 25.1 Å². The Labute approximate surface area is 182 Å². The summed E-state index contributed by atoms with van der Waals surface area (Å²) in [4.78, 5) is 11.8. The fourth-order valence-electron chi connectivity index (χ4n) is 4.27. The molecule has 0 radical (unpaired) electrons. The molecule has 0 fully saturated rings. The number of nitriles is 1. The van der Waals surface area contributed by atoms with Crippen molar-refractivity contribution in [2.75, 3.05) is 25.2 Å². The fourth-order valence-corrected chi connectivity index (χ4v) is 4.27. The molecule has 1 aromatic carbocycles. The van der Waals surface area contributed by atoms with Crippen LogP contribution >= 0.6 is 0 Å². The van der Waals surface area contributed by atoms with E-state index in [4.69, 9.17) is 9.72 Å². The Kier molecular flexibility index (Phi) is 6.15. The van der Waals surface area contributed by atoms with Gasteiger partial charge in [0.25, 0.3) is 0 Å². The van der Waals surface area contributed by atoms with Crippen molar-refractivity contribution in [2.45, 2.75) is 33.2 Å². The smallest absolute Gasteiger partial charge is 0.157 e. The highest BCUT2D eigenvalue weighted by molar-refractivity contribution is 5.86. The molecule has 0 bridgehead atoms. The lowest BCUT2D eigenvalue weighted by Gasteiger charge is -2.29. The van der Waals surface area contributed by atoms with Crippen LogP contribution in [-0.4, -0.2) is 34.6 Å². The molecule has 6 heteroatoms. The molecule has 0 unspecified atom stereocenters. The van der Waals surface area contributed by atoms with Crippen LogP contribution in [0.15, 0.2) is 48.7 Å². The van der Waals surface area contributed by atoms with Crippen molar-refractivity contribution in [3.63, 3.8) is 0 Å². The van der Waals surface area contributed by atoms with Crippen LogP contribution < -0.4 is 4.90 Å². The summed E-state index contributed by atoms with van der Waals surface area (Å²) in [5.74, 6) is 1.09. The number of ether oxygens (including phenoxy) is 1. The first kappa shape index (κ1) is 20.8. The molecule has 3 heterocycles. The predicted octanol–water partition coefficient (Wildman–Crippen LogP) is 4.67. The number of anilines is 1. The number of para-hydroxylation sites is 2. The zero-order valence-electron chi connectivity index (χ0n) is 18.3. The number of nitrogens with zero attached hydrogens (tertiary/aromatic N) is 5. The average Bonchev–Trinajstić information content (AvgIpc) is 3.17. The van der Waals surface area contributed by atoms with E-state index in [-0.39, 0.29) is 0 Å². The van der Waals surface area contributed by atoms with E-state index >= 15 is 0 Å². The summed E-state index contributed by atoms with van der Waals surface area (Å²) in [5, 5.41) is 9.96. The summed E-state index contributed by atoms with van der Waals surface area (Å²) in [6.07, 6.45) is 3.54. The van der Waals surface area contributed by atoms with Gasteiger partial charge >= 0.3 is 0 Å². The molecule has 0 aliphatic rings. The van der Waals surface area contributed by atoms with Crippen molar-refractivity contribution >= 4 is 22.5 Å². The van der Waals surface area contributed by atoms with Crippen LogP contribution in [0.2, 0.25) is 0 Å². The van der Waals surface area contributed by atoms with Crippen molar-refractivity contribution in [3.8, 4) is 6.07 Å². The first-order valence-electron chi connectivity index (χ1n) is 10.7. The standard InChI is InChI=1S/C25H27N5O/c1-4-20-18(2)21(16-26)24-28-22-11-5-6-12-23(22)30(24)25(20)29(14-9-15-31-3)17-19-10-7-8-13-27-19/h5-8,10-13H,4,9,14-15,17H2,1-3H3. The zero-order valence-corrected chi connectivity index (χ0v) is 18.3. The van der Waals surface area contributed by atoms with E-state index in [1.54, 1.807) is 7.11 Å². The Balaban J connectivity index is 2.00. The van der Waals surface area contributed by atoms with Gasteiger partial charge in [-0.2, -0.15) is 5.26 Å². The van der Waals surface area contributed by atoms with Gasteiger partial charge in [-0.05, 0) is 55.2 Å². The van der Waals surface area contributed by atoms with E-state index in [1.165, 1.54) is 5.56 Å². The number of fused-ring (bicyclic) bond motifs is 3. The van der Waals surface area contributed by atoms with E-state index < -0.39 is 0 Å². The van der Waals surface area contributed by atoms with Crippen LogP contribution in [0.4, 0.5) is 5.82 Å². The number of methoxy groups -OCH3 is 1. The van der Waals surface area contributed by atoms with E-state index in [9.17, 15) is 5.26 Å². The Morgan fingerprint density at radius 2 is 1.97 bits per heavy atom. The molecule has 0 spiro atoms. The van der Waals surface area contributed by atoms with Gasteiger partial charge in [0.2, 0.25) is 0 Å². The van der Waals surface area contributed by atoms with Gasteiger partial charge in [-0.3, -0.25) is 9.38 Å². The summed E-state index contributed by atoms with van der Waals surface area (Å²) >= 11 is 0. The molecule has 0 amide bonds. The van der Waals surface area contributed by atoms with Gasteiger partial charge < -0.3 is 9.64 Å². The molecule has 0 N–H and O–H groups in total. The van der Waals surface area contributed by atoms with Crippen molar-refractivity contribution in [1.82, 2.24) is 14.4 Å². The molecule has 3 aromatic heterocycles. The minimum Gasteiger partial charge on any atom is -0.385 e. The average molecular weight is 414 g/mol. The lowest BCUT2D eigenvalue weighted by Crippen LogP contribution is -2.29. The van der Waals surface area contributed by atoms with Crippen LogP contribution in [0.1, 0.15) is 35.7 Å². The molecular formula is C25H27N5O. The molecule has 0 aliphatic carbocycles. The Hall–Kier alpha value is -3.43. The van der Waals surface area contributed by atoms with Gasteiger partial charge in [0.15, 0.2) is 5.65 Å². The van der Waals surface area contributed by atoms with Gasteiger partial charge in [0.05, 0.1) is 28.8 Å². The number of hydrogen-bond acceptors (Lipinski definition) is 5. The van der Waals surface area contributed by atoms with Gasteiger partial charge in [0.1, 0.15) is 11.9 Å². The maximum Gasteiger partial charge on any atom is 0.157 e.